The zero-order valence-corrected chi connectivity index (χ0v) is 17.1. The fourth-order valence-electron chi connectivity index (χ4n) is 3.75. The molecule has 0 N–H and O–H groups in total. The molecule has 1 aliphatic rings. The molecule has 7 nitrogen and oxygen atoms in total. The fourth-order valence-corrected chi connectivity index (χ4v) is 3.75. The fraction of sp³-hybridized carbons (Fsp3) is 0.348. The van der Waals surface area contributed by atoms with Crippen molar-refractivity contribution in [1.29, 1.82) is 0 Å². The van der Waals surface area contributed by atoms with Crippen LogP contribution in [0.2, 0.25) is 0 Å². The van der Waals surface area contributed by atoms with E-state index in [1.807, 2.05) is 6.07 Å². The van der Waals surface area contributed by atoms with Gasteiger partial charge in [-0.3, -0.25) is 4.79 Å². The molecular formula is C23H24N2O5. The van der Waals surface area contributed by atoms with E-state index >= 15 is 0 Å². The highest BCUT2D eigenvalue weighted by atomic mass is 16.5. The zero-order chi connectivity index (χ0) is 20.9. The summed E-state index contributed by atoms with van der Waals surface area (Å²) >= 11 is 0. The summed E-state index contributed by atoms with van der Waals surface area (Å²) in [6, 6.07) is 13.0. The summed E-state index contributed by atoms with van der Waals surface area (Å²) in [5.74, 6) is 2.89. The van der Waals surface area contributed by atoms with Gasteiger partial charge in [0.25, 0.3) is 5.89 Å². The maximum absolute atomic E-state index is 12.5. The molecule has 0 amide bonds. The lowest BCUT2D eigenvalue weighted by Crippen LogP contribution is -2.17. The molecule has 1 aromatic heterocycles. The summed E-state index contributed by atoms with van der Waals surface area (Å²) < 4.78 is 21.5. The van der Waals surface area contributed by atoms with E-state index in [2.05, 4.69) is 22.3 Å². The second kappa shape index (κ2) is 8.98. The second-order valence-corrected chi connectivity index (χ2v) is 7.33. The van der Waals surface area contributed by atoms with Gasteiger partial charge in [0.1, 0.15) is 17.2 Å². The Hall–Kier alpha value is -3.35. The predicted octanol–water partition coefficient (Wildman–Crippen LogP) is 4.38. The van der Waals surface area contributed by atoms with E-state index < -0.39 is 0 Å². The lowest BCUT2D eigenvalue weighted by Gasteiger charge is -2.25. The van der Waals surface area contributed by atoms with Crippen molar-refractivity contribution in [3.63, 3.8) is 0 Å². The third-order valence-corrected chi connectivity index (χ3v) is 5.19. The van der Waals surface area contributed by atoms with Crippen LogP contribution in [-0.2, 0) is 17.8 Å². The van der Waals surface area contributed by atoms with Gasteiger partial charge < -0.3 is 18.7 Å². The monoisotopic (exact) mass is 408 g/mol. The molecule has 0 saturated heterocycles. The normalized spacial score (nSPS) is 15.3. The van der Waals surface area contributed by atoms with Crippen LogP contribution in [0.25, 0.3) is 0 Å². The quantitative estimate of drug-likeness (QED) is 0.424. The summed E-state index contributed by atoms with van der Waals surface area (Å²) in [6.07, 6.45) is 3.41. The molecule has 1 unspecified atom stereocenters. The molecule has 1 heterocycles. The molecule has 3 aromatic rings. The minimum absolute atomic E-state index is 0.174. The number of methoxy groups -OCH3 is 1. The smallest absolute Gasteiger partial charge is 0.311 e. The molecule has 0 fully saturated rings. The first-order chi connectivity index (χ1) is 14.6. The molecule has 1 atom stereocenters. The van der Waals surface area contributed by atoms with Crippen molar-refractivity contribution in [2.24, 2.45) is 0 Å². The zero-order valence-electron chi connectivity index (χ0n) is 17.1. The largest absolute Gasteiger partial charge is 0.497 e. The van der Waals surface area contributed by atoms with E-state index in [1.165, 1.54) is 11.1 Å². The number of hydrogen-bond donors (Lipinski definition) is 0. The van der Waals surface area contributed by atoms with Crippen molar-refractivity contribution in [3.8, 4) is 17.2 Å². The Balaban J connectivity index is 1.32. The van der Waals surface area contributed by atoms with Crippen molar-refractivity contribution >= 4 is 5.97 Å². The Kier molecular flexibility index (Phi) is 5.97. The molecule has 1 aliphatic carbocycles. The number of hydrogen-bond acceptors (Lipinski definition) is 7. The number of benzene rings is 2. The van der Waals surface area contributed by atoms with Gasteiger partial charge in [0.15, 0.2) is 12.4 Å². The minimum atomic E-state index is -0.237. The Bertz CT molecular complexity index is 1010. The van der Waals surface area contributed by atoms with Crippen LogP contribution in [-0.4, -0.2) is 23.2 Å². The SMILES string of the molecule is COc1ccc2c(c1)CCCC2CC(=O)Oc1ccc(OCc2nc(C)no2)cc1. The Morgan fingerprint density at radius 2 is 1.90 bits per heavy atom. The first-order valence-electron chi connectivity index (χ1n) is 10.0. The predicted molar refractivity (Wildman–Crippen MR) is 109 cm³/mol. The number of aryl methyl sites for hydroxylation is 2. The van der Waals surface area contributed by atoms with Gasteiger partial charge in [0.05, 0.1) is 13.5 Å². The van der Waals surface area contributed by atoms with Gasteiger partial charge in [-0.05, 0) is 79.6 Å². The molecule has 0 aliphatic heterocycles. The van der Waals surface area contributed by atoms with Crippen LogP contribution in [0.1, 0.15) is 48.0 Å². The van der Waals surface area contributed by atoms with Crippen LogP contribution in [0.4, 0.5) is 0 Å². The highest BCUT2D eigenvalue weighted by Crippen LogP contribution is 2.36. The van der Waals surface area contributed by atoms with Crippen LogP contribution in [0, 0.1) is 6.92 Å². The third kappa shape index (κ3) is 4.79. The van der Waals surface area contributed by atoms with E-state index in [1.54, 1.807) is 38.3 Å². The van der Waals surface area contributed by atoms with E-state index in [4.69, 9.17) is 18.7 Å². The van der Waals surface area contributed by atoms with Crippen molar-refractivity contribution in [1.82, 2.24) is 10.1 Å². The molecule has 0 bridgehead atoms. The summed E-state index contributed by atoms with van der Waals surface area (Å²) in [7, 11) is 1.67. The second-order valence-electron chi connectivity index (χ2n) is 7.33. The van der Waals surface area contributed by atoms with E-state index in [0.717, 1.165) is 25.0 Å². The van der Waals surface area contributed by atoms with E-state index in [-0.39, 0.29) is 18.5 Å². The first kappa shape index (κ1) is 19.9. The van der Waals surface area contributed by atoms with Gasteiger partial charge in [-0.25, -0.2) is 0 Å². The summed E-state index contributed by atoms with van der Waals surface area (Å²) in [5, 5.41) is 3.72. The minimum Gasteiger partial charge on any atom is -0.497 e. The van der Waals surface area contributed by atoms with Crippen LogP contribution >= 0.6 is 0 Å². The topological polar surface area (TPSA) is 83.7 Å². The number of carbonyl (C=O) groups excluding carboxylic acids is 1. The number of carbonyl (C=O) groups is 1. The Morgan fingerprint density at radius 3 is 2.63 bits per heavy atom. The molecule has 4 rings (SSSR count). The standard InChI is InChI=1S/C23H24N2O5/c1-15-24-22(30-25-15)14-28-18-6-8-19(9-7-18)29-23(26)13-17-5-3-4-16-12-20(27-2)10-11-21(16)17/h6-12,17H,3-5,13-14H2,1-2H3. The third-order valence-electron chi connectivity index (χ3n) is 5.19. The number of aromatic nitrogens is 2. The average molecular weight is 408 g/mol. The van der Waals surface area contributed by atoms with Crippen molar-refractivity contribution in [2.75, 3.05) is 7.11 Å². The summed E-state index contributed by atoms with van der Waals surface area (Å²) in [6.45, 7) is 1.94. The first-order valence-corrected chi connectivity index (χ1v) is 10.0. The van der Waals surface area contributed by atoms with Crippen LogP contribution in [0.3, 0.4) is 0 Å². The molecular weight excluding hydrogens is 384 g/mol. The summed E-state index contributed by atoms with van der Waals surface area (Å²) in [4.78, 5) is 16.6. The number of rotatable bonds is 7. The lowest BCUT2D eigenvalue weighted by atomic mass is 9.81. The maximum Gasteiger partial charge on any atom is 0.311 e. The Labute approximate surface area is 175 Å². The highest BCUT2D eigenvalue weighted by Gasteiger charge is 2.24. The van der Waals surface area contributed by atoms with Gasteiger partial charge in [0.2, 0.25) is 0 Å². The van der Waals surface area contributed by atoms with Gasteiger partial charge in [-0.15, -0.1) is 0 Å². The number of ether oxygens (including phenoxy) is 3. The highest BCUT2D eigenvalue weighted by molar-refractivity contribution is 5.73. The molecule has 2 aromatic carbocycles. The molecule has 0 spiro atoms. The number of fused-ring (bicyclic) bond motifs is 1. The average Bonchev–Trinajstić information content (AvgIpc) is 3.18. The van der Waals surface area contributed by atoms with Crippen LogP contribution in [0.5, 0.6) is 17.2 Å². The van der Waals surface area contributed by atoms with Gasteiger partial charge in [0, 0.05) is 0 Å². The molecule has 0 saturated carbocycles. The maximum atomic E-state index is 12.5. The van der Waals surface area contributed by atoms with Crippen molar-refractivity contribution in [2.45, 2.75) is 45.1 Å². The van der Waals surface area contributed by atoms with Crippen molar-refractivity contribution < 1.29 is 23.5 Å². The van der Waals surface area contributed by atoms with Gasteiger partial charge in [-0.2, -0.15) is 4.98 Å². The van der Waals surface area contributed by atoms with Crippen LogP contribution < -0.4 is 14.2 Å². The molecule has 30 heavy (non-hydrogen) atoms. The van der Waals surface area contributed by atoms with Crippen LogP contribution in [0.15, 0.2) is 47.0 Å². The number of esters is 1. The van der Waals surface area contributed by atoms with E-state index in [0.29, 0.717) is 29.6 Å². The van der Waals surface area contributed by atoms with E-state index in [9.17, 15) is 4.79 Å². The molecule has 0 radical (unpaired) electrons. The Morgan fingerprint density at radius 1 is 1.13 bits per heavy atom. The molecule has 156 valence electrons. The summed E-state index contributed by atoms with van der Waals surface area (Å²) in [5.41, 5.74) is 2.48. The lowest BCUT2D eigenvalue weighted by molar-refractivity contribution is -0.134. The molecule has 7 heteroatoms. The van der Waals surface area contributed by atoms with Crippen molar-refractivity contribution in [3.05, 3.63) is 65.3 Å². The van der Waals surface area contributed by atoms with Gasteiger partial charge >= 0.3 is 5.97 Å². The number of nitrogens with zero attached hydrogens (tertiary/aromatic N) is 2. The van der Waals surface area contributed by atoms with Gasteiger partial charge in [-0.1, -0.05) is 11.2 Å².